The van der Waals surface area contributed by atoms with Gasteiger partial charge < -0.3 is 14.8 Å². The molecule has 0 heterocycles. The van der Waals surface area contributed by atoms with Crippen molar-refractivity contribution in [3.8, 4) is 5.75 Å². The third-order valence-corrected chi connectivity index (χ3v) is 4.92. The fraction of sp³-hybridized carbons (Fsp3) is 0.625. The average Bonchev–Trinajstić information content (AvgIpc) is 2.46. The summed E-state index contributed by atoms with van der Waals surface area (Å²) in [7, 11) is 1.63. The number of nitrogens with one attached hydrogen (secondary N) is 1. The van der Waals surface area contributed by atoms with Crippen LogP contribution in [0.2, 0.25) is 5.02 Å². The molecule has 1 fully saturated rings. The number of ether oxygens (including phenoxy) is 2. The predicted octanol–water partition coefficient (Wildman–Crippen LogP) is 4.35. The molecule has 1 saturated carbocycles. The Bertz CT molecular complexity index is 466. The number of benzene rings is 1. The van der Waals surface area contributed by atoms with Crippen LogP contribution in [0.25, 0.3) is 0 Å². The molecule has 1 N–H and O–H groups in total. The molecule has 1 aromatic rings. The maximum absolute atomic E-state index is 6.06. The van der Waals surface area contributed by atoms with Crippen LogP contribution in [0.1, 0.15) is 33.6 Å². The van der Waals surface area contributed by atoms with Crippen molar-refractivity contribution < 1.29 is 9.47 Å². The molecular formula is C16H24ClNO2. The Morgan fingerprint density at radius 3 is 2.75 bits per heavy atom. The summed E-state index contributed by atoms with van der Waals surface area (Å²) in [5, 5.41) is 4.23. The second-order valence-corrected chi connectivity index (χ2v) is 5.99. The second kappa shape index (κ2) is 6.23. The number of methoxy groups -OCH3 is 1. The van der Waals surface area contributed by atoms with Crippen LogP contribution in [0.5, 0.6) is 5.75 Å². The van der Waals surface area contributed by atoms with Crippen LogP contribution in [0, 0.1) is 5.41 Å². The van der Waals surface area contributed by atoms with Gasteiger partial charge in [0.25, 0.3) is 0 Å². The molecule has 2 rings (SSSR count). The van der Waals surface area contributed by atoms with Gasteiger partial charge in [-0.2, -0.15) is 0 Å². The van der Waals surface area contributed by atoms with Gasteiger partial charge in [0.2, 0.25) is 0 Å². The summed E-state index contributed by atoms with van der Waals surface area (Å²) in [5.41, 5.74) is 1.23. The Morgan fingerprint density at radius 2 is 2.15 bits per heavy atom. The van der Waals surface area contributed by atoms with E-state index in [2.05, 4.69) is 26.1 Å². The molecular weight excluding hydrogens is 274 g/mol. The van der Waals surface area contributed by atoms with Gasteiger partial charge in [-0.15, -0.1) is 0 Å². The lowest BCUT2D eigenvalue weighted by atomic mass is 9.61. The fourth-order valence-corrected chi connectivity index (χ4v) is 3.12. The van der Waals surface area contributed by atoms with Crippen molar-refractivity contribution in [3.63, 3.8) is 0 Å². The monoisotopic (exact) mass is 297 g/mol. The molecule has 3 nitrogen and oxygen atoms in total. The van der Waals surface area contributed by atoms with Crippen LogP contribution in [0.15, 0.2) is 18.2 Å². The van der Waals surface area contributed by atoms with E-state index >= 15 is 0 Å². The third kappa shape index (κ3) is 2.75. The lowest BCUT2D eigenvalue weighted by molar-refractivity contribution is -0.109. The molecule has 0 bridgehead atoms. The van der Waals surface area contributed by atoms with Crippen LogP contribution in [0.4, 0.5) is 5.69 Å². The largest absolute Gasteiger partial charge is 0.495 e. The quantitative estimate of drug-likeness (QED) is 0.846. The topological polar surface area (TPSA) is 30.5 Å². The summed E-state index contributed by atoms with van der Waals surface area (Å²) >= 11 is 6.06. The number of anilines is 1. The van der Waals surface area contributed by atoms with Crippen molar-refractivity contribution in [1.29, 1.82) is 0 Å². The molecule has 1 aromatic carbocycles. The van der Waals surface area contributed by atoms with E-state index in [0.29, 0.717) is 22.9 Å². The maximum atomic E-state index is 6.06. The molecule has 1 aliphatic carbocycles. The van der Waals surface area contributed by atoms with E-state index in [1.54, 1.807) is 7.11 Å². The molecule has 0 radical (unpaired) electrons. The number of hydrogen-bond acceptors (Lipinski definition) is 3. The maximum Gasteiger partial charge on any atom is 0.139 e. The third-order valence-electron chi connectivity index (χ3n) is 4.60. The molecule has 112 valence electrons. The molecule has 3 unspecified atom stereocenters. The van der Waals surface area contributed by atoms with Crippen LogP contribution >= 0.6 is 11.6 Å². The Balaban J connectivity index is 2.07. The van der Waals surface area contributed by atoms with Gasteiger partial charge in [0.05, 0.1) is 18.2 Å². The SMILES string of the molecule is CCOC1CC(Nc2ccc(Cl)c(OC)c2)C1(C)CC. The van der Waals surface area contributed by atoms with Gasteiger partial charge in [-0.3, -0.25) is 0 Å². The van der Waals surface area contributed by atoms with E-state index < -0.39 is 0 Å². The Kier molecular flexibility index (Phi) is 4.82. The van der Waals surface area contributed by atoms with Gasteiger partial charge in [0.15, 0.2) is 0 Å². The van der Waals surface area contributed by atoms with E-state index in [9.17, 15) is 0 Å². The predicted molar refractivity (Wildman–Crippen MR) is 83.8 cm³/mol. The van der Waals surface area contributed by atoms with Crippen molar-refractivity contribution in [2.24, 2.45) is 5.41 Å². The highest BCUT2D eigenvalue weighted by atomic mass is 35.5. The first-order valence-electron chi connectivity index (χ1n) is 7.26. The van der Waals surface area contributed by atoms with Crippen molar-refractivity contribution in [3.05, 3.63) is 23.2 Å². The van der Waals surface area contributed by atoms with Gasteiger partial charge in [0, 0.05) is 29.8 Å². The van der Waals surface area contributed by atoms with Gasteiger partial charge in [0.1, 0.15) is 5.75 Å². The molecule has 0 saturated heterocycles. The molecule has 0 aromatic heterocycles. The first kappa shape index (κ1) is 15.5. The Morgan fingerprint density at radius 1 is 1.40 bits per heavy atom. The molecule has 4 heteroatoms. The number of hydrogen-bond donors (Lipinski definition) is 1. The summed E-state index contributed by atoms with van der Waals surface area (Å²) in [6, 6.07) is 6.24. The van der Waals surface area contributed by atoms with Crippen LogP contribution in [-0.2, 0) is 4.74 Å². The Hall–Kier alpha value is -0.930. The van der Waals surface area contributed by atoms with Crippen molar-refractivity contribution >= 4 is 17.3 Å². The molecule has 1 aliphatic rings. The minimum Gasteiger partial charge on any atom is -0.495 e. The average molecular weight is 298 g/mol. The molecule has 20 heavy (non-hydrogen) atoms. The smallest absolute Gasteiger partial charge is 0.139 e. The zero-order valence-electron chi connectivity index (χ0n) is 12.7. The van der Waals surface area contributed by atoms with E-state index in [-0.39, 0.29) is 5.41 Å². The highest BCUT2D eigenvalue weighted by Gasteiger charge is 2.51. The van der Waals surface area contributed by atoms with Gasteiger partial charge in [-0.1, -0.05) is 25.4 Å². The van der Waals surface area contributed by atoms with Gasteiger partial charge >= 0.3 is 0 Å². The summed E-state index contributed by atoms with van der Waals surface area (Å²) in [4.78, 5) is 0. The zero-order chi connectivity index (χ0) is 14.8. The van der Waals surface area contributed by atoms with Crippen LogP contribution in [-0.4, -0.2) is 25.9 Å². The fourth-order valence-electron chi connectivity index (χ4n) is 2.92. The van der Waals surface area contributed by atoms with Gasteiger partial charge in [-0.05, 0) is 31.9 Å². The lowest BCUT2D eigenvalue weighted by Crippen LogP contribution is -2.59. The summed E-state index contributed by atoms with van der Waals surface area (Å²) < 4.78 is 11.1. The van der Waals surface area contributed by atoms with Crippen molar-refractivity contribution in [2.45, 2.75) is 45.8 Å². The van der Waals surface area contributed by atoms with E-state index in [1.165, 1.54) is 0 Å². The van der Waals surface area contributed by atoms with Gasteiger partial charge in [-0.25, -0.2) is 0 Å². The summed E-state index contributed by atoms with van der Waals surface area (Å²) in [6.45, 7) is 7.35. The Labute approximate surface area is 126 Å². The first-order valence-corrected chi connectivity index (χ1v) is 7.64. The number of halogens is 1. The zero-order valence-corrected chi connectivity index (χ0v) is 13.5. The highest BCUT2D eigenvalue weighted by Crippen LogP contribution is 2.47. The molecule has 3 atom stereocenters. The normalized spacial score (nSPS) is 28.9. The summed E-state index contributed by atoms with van der Waals surface area (Å²) in [5.74, 6) is 0.704. The summed E-state index contributed by atoms with van der Waals surface area (Å²) in [6.07, 6.45) is 2.49. The van der Waals surface area contributed by atoms with Crippen LogP contribution < -0.4 is 10.1 Å². The first-order chi connectivity index (χ1) is 9.55. The molecule has 0 aliphatic heterocycles. The van der Waals surface area contributed by atoms with Crippen LogP contribution in [0.3, 0.4) is 0 Å². The molecule has 0 amide bonds. The number of rotatable bonds is 6. The van der Waals surface area contributed by atoms with Crippen molar-refractivity contribution in [1.82, 2.24) is 0 Å². The lowest BCUT2D eigenvalue weighted by Gasteiger charge is -2.54. The van der Waals surface area contributed by atoms with E-state index in [4.69, 9.17) is 21.1 Å². The highest BCUT2D eigenvalue weighted by molar-refractivity contribution is 6.32. The second-order valence-electron chi connectivity index (χ2n) is 5.59. The standard InChI is InChI=1S/C16H24ClNO2/c1-5-16(3)14(10-15(16)20-6-2)18-11-7-8-12(17)13(9-11)19-4/h7-9,14-15,18H,5-6,10H2,1-4H3. The van der Waals surface area contributed by atoms with E-state index in [1.807, 2.05) is 18.2 Å². The minimum atomic E-state index is 0.183. The van der Waals surface area contributed by atoms with Crippen molar-refractivity contribution in [2.75, 3.05) is 19.0 Å². The molecule has 0 spiro atoms. The van der Waals surface area contributed by atoms with E-state index in [0.717, 1.165) is 25.1 Å². The minimum absolute atomic E-state index is 0.183.